The molecule has 100 valence electrons. The van der Waals surface area contributed by atoms with Gasteiger partial charge in [-0.25, -0.2) is 13.2 Å². The third-order valence-corrected chi connectivity index (χ3v) is 2.97. The molecule has 1 rings (SSSR count). The average molecular weight is 273 g/mol. The van der Waals surface area contributed by atoms with Crippen LogP contribution in [0.2, 0.25) is 0 Å². The van der Waals surface area contributed by atoms with Gasteiger partial charge in [-0.05, 0) is 19.9 Å². The lowest BCUT2D eigenvalue weighted by Crippen LogP contribution is -2.29. The van der Waals surface area contributed by atoms with E-state index in [1.54, 1.807) is 13.8 Å². The molecule has 0 unspecified atom stereocenters. The molecule has 0 saturated carbocycles. The van der Waals surface area contributed by atoms with Crippen LogP contribution in [0.1, 0.15) is 13.8 Å². The van der Waals surface area contributed by atoms with Crippen LogP contribution in [0.25, 0.3) is 0 Å². The van der Waals surface area contributed by atoms with Gasteiger partial charge in [0.2, 0.25) is 0 Å². The Kier molecular flexibility index (Phi) is 4.12. The third-order valence-electron chi connectivity index (χ3n) is 1.91. The second-order valence-electron chi connectivity index (χ2n) is 4.06. The molecule has 0 fully saturated rings. The minimum Gasteiger partial charge on any atom is -0.428 e. The van der Waals surface area contributed by atoms with Gasteiger partial charge >= 0.3 is 6.03 Å². The number of sulfone groups is 1. The van der Waals surface area contributed by atoms with Gasteiger partial charge in [-0.3, -0.25) is 0 Å². The molecule has 18 heavy (non-hydrogen) atoms. The van der Waals surface area contributed by atoms with Gasteiger partial charge in [0.15, 0.2) is 14.9 Å². The molecule has 0 aromatic carbocycles. The molecular weight excluding hydrogens is 258 g/mol. The number of amides is 2. The first-order chi connectivity index (χ1) is 8.20. The highest BCUT2D eigenvalue weighted by Crippen LogP contribution is 2.02. The molecular formula is C10H15N3O4S. The predicted molar refractivity (Wildman–Crippen MR) is 64.0 cm³/mol. The number of carbonyl (C=O) groups excluding carboxylic acids is 1. The number of urea groups is 1. The van der Waals surface area contributed by atoms with E-state index in [-0.39, 0.29) is 16.4 Å². The summed E-state index contributed by atoms with van der Waals surface area (Å²) in [6.45, 7) is 3.56. The van der Waals surface area contributed by atoms with E-state index < -0.39 is 15.9 Å². The molecule has 2 amide bonds. The number of nitrogens with one attached hydrogen (secondary N) is 1. The smallest absolute Gasteiger partial charge is 0.341 e. The largest absolute Gasteiger partial charge is 0.428 e. The molecule has 0 aliphatic carbocycles. The van der Waals surface area contributed by atoms with Crippen molar-refractivity contribution in [2.45, 2.75) is 24.9 Å². The lowest BCUT2D eigenvalue weighted by molar-refractivity contribution is 0.157. The number of pyridine rings is 1. The van der Waals surface area contributed by atoms with E-state index in [0.29, 0.717) is 4.73 Å². The minimum atomic E-state index is -3.59. The molecule has 0 bridgehead atoms. The quantitative estimate of drug-likeness (QED) is 0.749. The SMILES string of the molecule is CC(C)NC(=O)/N=c1\ccn(O)c(S(C)(=O)=O)c1. The van der Waals surface area contributed by atoms with Gasteiger partial charge in [0.05, 0.1) is 5.36 Å². The summed E-state index contributed by atoms with van der Waals surface area (Å²) >= 11 is 0. The molecule has 2 N–H and O–H groups in total. The van der Waals surface area contributed by atoms with Crippen LogP contribution < -0.4 is 10.7 Å². The Morgan fingerprint density at radius 1 is 1.50 bits per heavy atom. The Balaban J connectivity index is 3.21. The molecule has 0 atom stereocenters. The normalized spacial score (nSPS) is 12.8. The highest BCUT2D eigenvalue weighted by molar-refractivity contribution is 7.90. The molecule has 7 nitrogen and oxygen atoms in total. The van der Waals surface area contributed by atoms with Crippen molar-refractivity contribution in [2.24, 2.45) is 4.99 Å². The fourth-order valence-corrected chi connectivity index (χ4v) is 1.94. The molecule has 1 heterocycles. The maximum Gasteiger partial charge on any atom is 0.341 e. The van der Waals surface area contributed by atoms with E-state index in [9.17, 15) is 18.4 Å². The van der Waals surface area contributed by atoms with Gasteiger partial charge in [-0.15, -0.1) is 0 Å². The minimum absolute atomic E-state index is 0.0675. The van der Waals surface area contributed by atoms with Crippen molar-refractivity contribution in [3.05, 3.63) is 23.7 Å². The lowest BCUT2D eigenvalue weighted by Gasteiger charge is -2.05. The highest BCUT2D eigenvalue weighted by atomic mass is 32.2. The fourth-order valence-electron chi connectivity index (χ4n) is 1.20. The molecule has 1 aromatic rings. The second kappa shape index (κ2) is 5.21. The number of nitrogens with zero attached hydrogens (tertiary/aromatic N) is 2. The summed E-state index contributed by atoms with van der Waals surface area (Å²) in [6, 6.07) is 1.81. The highest BCUT2D eigenvalue weighted by Gasteiger charge is 2.11. The van der Waals surface area contributed by atoms with Crippen LogP contribution in [0.3, 0.4) is 0 Å². The van der Waals surface area contributed by atoms with Crippen LogP contribution in [0.4, 0.5) is 4.79 Å². The number of aromatic nitrogens is 1. The number of hydrogen-bond donors (Lipinski definition) is 2. The zero-order valence-electron chi connectivity index (χ0n) is 10.3. The van der Waals surface area contributed by atoms with E-state index in [1.807, 2.05) is 0 Å². The Morgan fingerprint density at radius 2 is 2.11 bits per heavy atom. The van der Waals surface area contributed by atoms with E-state index in [0.717, 1.165) is 18.5 Å². The first kappa shape index (κ1) is 14.2. The van der Waals surface area contributed by atoms with Crippen molar-refractivity contribution in [2.75, 3.05) is 6.26 Å². The maximum atomic E-state index is 11.4. The molecule has 0 radical (unpaired) electrons. The van der Waals surface area contributed by atoms with Gasteiger partial charge in [-0.2, -0.15) is 9.72 Å². The summed E-state index contributed by atoms with van der Waals surface area (Å²) in [4.78, 5) is 15.0. The maximum absolute atomic E-state index is 11.4. The number of hydrogen-bond acceptors (Lipinski definition) is 4. The summed E-state index contributed by atoms with van der Waals surface area (Å²) in [5.74, 6) is 0. The summed E-state index contributed by atoms with van der Waals surface area (Å²) in [5.41, 5.74) is 0. The molecule has 0 spiro atoms. The standard InChI is InChI=1S/C10H15N3O4S/c1-7(2)11-10(14)12-8-4-5-13(15)9(6-8)18(3,16)17/h4-7,15H,1-3H3,(H,11,14)/b12-8+. The molecule has 0 aliphatic heterocycles. The summed E-state index contributed by atoms with van der Waals surface area (Å²) in [6.07, 6.45) is 2.06. The lowest BCUT2D eigenvalue weighted by atomic mass is 10.4. The zero-order valence-corrected chi connectivity index (χ0v) is 11.1. The van der Waals surface area contributed by atoms with Crippen LogP contribution in [-0.4, -0.2) is 36.7 Å². The van der Waals surface area contributed by atoms with Crippen LogP contribution in [0.5, 0.6) is 0 Å². The number of rotatable bonds is 2. The van der Waals surface area contributed by atoms with Gasteiger partial charge in [0, 0.05) is 24.6 Å². The number of carbonyl (C=O) groups is 1. The van der Waals surface area contributed by atoms with Crippen molar-refractivity contribution in [3.63, 3.8) is 0 Å². The van der Waals surface area contributed by atoms with E-state index in [1.165, 1.54) is 6.07 Å². The Bertz CT molecular complexity index is 616. The first-order valence-electron chi connectivity index (χ1n) is 5.17. The summed E-state index contributed by atoms with van der Waals surface area (Å²) < 4.78 is 23.2. The van der Waals surface area contributed by atoms with Crippen LogP contribution in [0, 0.1) is 0 Å². The van der Waals surface area contributed by atoms with Crippen molar-refractivity contribution in [3.8, 4) is 0 Å². The Morgan fingerprint density at radius 3 is 2.61 bits per heavy atom. The van der Waals surface area contributed by atoms with E-state index in [4.69, 9.17) is 0 Å². The zero-order chi connectivity index (χ0) is 13.9. The van der Waals surface area contributed by atoms with Gasteiger partial charge in [-0.1, -0.05) is 0 Å². The van der Waals surface area contributed by atoms with Crippen LogP contribution in [0.15, 0.2) is 28.3 Å². The van der Waals surface area contributed by atoms with Gasteiger partial charge in [0.1, 0.15) is 0 Å². The van der Waals surface area contributed by atoms with Gasteiger partial charge < -0.3 is 10.5 Å². The summed E-state index contributed by atoms with van der Waals surface area (Å²) in [7, 11) is -3.59. The first-order valence-corrected chi connectivity index (χ1v) is 7.06. The van der Waals surface area contributed by atoms with Crippen molar-refractivity contribution in [1.82, 2.24) is 10.0 Å². The topological polar surface area (TPSA) is 101 Å². The average Bonchev–Trinajstić information content (AvgIpc) is 2.17. The van der Waals surface area contributed by atoms with Crippen LogP contribution in [-0.2, 0) is 9.84 Å². The molecule has 1 aromatic heterocycles. The van der Waals surface area contributed by atoms with E-state index >= 15 is 0 Å². The van der Waals surface area contributed by atoms with Crippen molar-refractivity contribution < 1.29 is 18.4 Å². The molecule has 0 aliphatic rings. The van der Waals surface area contributed by atoms with Crippen molar-refractivity contribution in [1.29, 1.82) is 0 Å². The Hall–Kier alpha value is -1.83. The monoisotopic (exact) mass is 273 g/mol. The predicted octanol–water partition coefficient (Wildman–Crippen LogP) is 0.148. The molecule has 8 heteroatoms. The van der Waals surface area contributed by atoms with Gasteiger partial charge in [0.25, 0.3) is 0 Å². The Labute approximate surface area is 105 Å². The van der Waals surface area contributed by atoms with E-state index in [2.05, 4.69) is 10.3 Å². The van der Waals surface area contributed by atoms with Crippen molar-refractivity contribution >= 4 is 15.9 Å². The fraction of sp³-hybridized carbons (Fsp3) is 0.400. The van der Waals surface area contributed by atoms with Crippen LogP contribution >= 0.6 is 0 Å². The molecule has 0 saturated heterocycles. The third kappa shape index (κ3) is 3.88. The summed E-state index contributed by atoms with van der Waals surface area (Å²) in [5, 5.41) is 11.7. The second-order valence-corrected chi connectivity index (χ2v) is 6.02.